The highest BCUT2D eigenvalue weighted by molar-refractivity contribution is 4.84. The summed E-state index contributed by atoms with van der Waals surface area (Å²) in [5.41, 5.74) is 10.9. The van der Waals surface area contributed by atoms with Gasteiger partial charge in [-0.05, 0) is 20.8 Å². The summed E-state index contributed by atoms with van der Waals surface area (Å²) in [5, 5.41) is 0. The second-order valence-corrected chi connectivity index (χ2v) is 4.52. The van der Waals surface area contributed by atoms with E-state index in [4.69, 9.17) is 25.7 Å². The maximum atomic E-state index is 5.82. The van der Waals surface area contributed by atoms with Gasteiger partial charge in [-0.2, -0.15) is 0 Å². The summed E-state index contributed by atoms with van der Waals surface area (Å²) in [4.78, 5) is 0. The highest BCUT2D eigenvalue weighted by atomic mass is 16.8. The van der Waals surface area contributed by atoms with Crippen LogP contribution in [0.2, 0.25) is 0 Å². The van der Waals surface area contributed by atoms with Crippen LogP contribution < -0.4 is 11.5 Å². The molecule has 1 saturated heterocycles. The summed E-state index contributed by atoms with van der Waals surface area (Å²) in [5.74, 6) is -0.735. The topological polar surface area (TPSA) is 79.7 Å². The van der Waals surface area contributed by atoms with E-state index in [0.717, 1.165) is 0 Å². The van der Waals surface area contributed by atoms with E-state index in [0.29, 0.717) is 26.3 Å². The zero-order chi connectivity index (χ0) is 11.5. The largest absolute Gasteiger partial charge is 0.364 e. The zero-order valence-corrected chi connectivity index (χ0v) is 9.79. The molecule has 4 N–H and O–H groups in total. The lowest BCUT2D eigenvalue weighted by molar-refractivity contribution is -0.242. The number of nitrogens with two attached hydrogens (primary N) is 2. The SMILES string of the molecule is CC(C)(CN)OC(CN)C1(C)OCCO1. The van der Waals surface area contributed by atoms with Crippen LogP contribution in [0.25, 0.3) is 0 Å². The van der Waals surface area contributed by atoms with Crippen molar-refractivity contribution in [3.05, 3.63) is 0 Å². The van der Waals surface area contributed by atoms with Crippen LogP contribution in [0.15, 0.2) is 0 Å². The van der Waals surface area contributed by atoms with Crippen molar-refractivity contribution in [1.82, 2.24) is 0 Å². The molecule has 90 valence electrons. The molecule has 0 aromatic carbocycles. The Balaban J connectivity index is 2.63. The molecule has 0 spiro atoms. The fraction of sp³-hybridized carbons (Fsp3) is 1.00. The monoisotopic (exact) mass is 218 g/mol. The molecule has 1 aliphatic rings. The van der Waals surface area contributed by atoms with Crippen molar-refractivity contribution in [2.75, 3.05) is 26.3 Å². The maximum Gasteiger partial charge on any atom is 0.193 e. The van der Waals surface area contributed by atoms with E-state index in [9.17, 15) is 0 Å². The van der Waals surface area contributed by atoms with Crippen molar-refractivity contribution < 1.29 is 14.2 Å². The van der Waals surface area contributed by atoms with Gasteiger partial charge in [0.25, 0.3) is 0 Å². The first-order valence-electron chi connectivity index (χ1n) is 5.29. The van der Waals surface area contributed by atoms with Crippen LogP contribution >= 0.6 is 0 Å². The number of hydrogen-bond donors (Lipinski definition) is 2. The molecule has 0 amide bonds. The second kappa shape index (κ2) is 4.76. The lowest BCUT2D eigenvalue weighted by atomic mass is 10.1. The van der Waals surface area contributed by atoms with E-state index in [2.05, 4.69) is 0 Å². The average molecular weight is 218 g/mol. The van der Waals surface area contributed by atoms with Gasteiger partial charge < -0.3 is 25.7 Å². The minimum Gasteiger partial charge on any atom is -0.364 e. The minimum absolute atomic E-state index is 0.293. The fourth-order valence-electron chi connectivity index (χ4n) is 1.52. The van der Waals surface area contributed by atoms with E-state index in [1.54, 1.807) is 0 Å². The quantitative estimate of drug-likeness (QED) is 0.669. The number of ether oxygens (including phenoxy) is 3. The van der Waals surface area contributed by atoms with E-state index >= 15 is 0 Å². The molecule has 0 aromatic heterocycles. The van der Waals surface area contributed by atoms with Crippen LogP contribution in [0.4, 0.5) is 0 Å². The van der Waals surface area contributed by atoms with E-state index < -0.39 is 11.4 Å². The molecule has 5 nitrogen and oxygen atoms in total. The molecular formula is C10H22N2O3. The van der Waals surface area contributed by atoms with Crippen molar-refractivity contribution >= 4 is 0 Å². The molecule has 1 fully saturated rings. The Morgan fingerprint density at radius 2 is 1.87 bits per heavy atom. The van der Waals surface area contributed by atoms with Crippen LogP contribution in [0.3, 0.4) is 0 Å². The number of rotatable bonds is 5. The van der Waals surface area contributed by atoms with Crippen LogP contribution in [0, 0.1) is 0 Å². The summed E-state index contributed by atoms with van der Waals surface area (Å²) in [6, 6.07) is 0. The standard InChI is InChI=1S/C10H22N2O3/c1-9(2,7-12)15-8(6-11)10(3)13-4-5-14-10/h8H,4-7,11-12H2,1-3H3. The molecule has 0 saturated carbocycles. The van der Waals surface area contributed by atoms with Crippen molar-refractivity contribution in [3.63, 3.8) is 0 Å². The van der Waals surface area contributed by atoms with E-state index in [1.807, 2.05) is 20.8 Å². The first-order chi connectivity index (χ1) is 6.93. The molecule has 0 bridgehead atoms. The van der Waals surface area contributed by atoms with Crippen molar-refractivity contribution in [1.29, 1.82) is 0 Å². The van der Waals surface area contributed by atoms with Gasteiger partial charge in [0.05, 0.1) is 18.8 Å². The first kappa shape index (κ1) is 12.9. The van der Waals surface area contributed by atoms with E-state index in [-0.39, 0.29) is 6.10 Å². The molecular weight excluding hydrogens is 196 g/mol. The Kier molecular flexibility index (Phi) is 4.08. The minimum atomic E-state index is -0.735. The Labute approximate surface area is 91.0 Å². The summed E-state index contributed by atoms with van der Waals surface area (Å²) < 4.78 is 16.9. The molecule has 1 heterocycles. The first-order valence-corrected chi connectivity index (χ1v) is 5.29. The Bertz CT molecular complexity index is 203. The average Bonchev–Trinajstić information content (AvgIpc) is 2.63. The highest BCUT2D eigenvalue weighted by Gasteiger charge is 2.42. The molecule has 0 aliphatic carbocycles. The number of hydrogen-bond acceptors (Lipinski definition) is 5. The Morgan fingerprint density at radius 3 is 2.27 bits per heavy atom. The van der Waals surface area contributed by atoms with Gasteiger partial charge in [0, 0.05) is 13.1 Å². The lowest BCUT2D eigenvalue weighted by Crippen LogP contribution is -2.52. The molecule has 1 unspecified atom stereocenters. The third-order valence-electron chi connectivity index (χ3n) is 2.61. The molecule has 1 atom stereocenters. The Hall–Kier alpha value is -0.200. The van der Waals surface area contributed by atoms with Gasteiger partial charge in [0.15, 0.2) is 5.79 Å². The zero-order valence-electron chi connectivity index (χ0n) is 9.79. The summed E-state index contributed by atoms with van der Waals surface area (Å²) in [7, 11) is 0. The Morgan fingerprint density at radius 1 is 1.33 bits per heavy atom. The van der Waals surface area contributed by atoms with Crippen molar-refractivity contribution in [3.8, 4) is 0 Å². The smallest absolute Gasteiger partial charge is 0.193 e. The van der Waals surface area contributed by atoms with Crippen molar-refractivity contribution in [2.45, 2.75) is 38.3 Å². The highest BCUT2D eigenvalue weighted by Crippen LogP contribution is 2.27. The molecule has 0 radical (unpaired) electrons. The van der Waals surface area contributed by atoms with E-state index in [1.165, 1.54) is 0 Å². The van der Waals surface area contributed by atoms with Gasteiger partial charge in [-0.15, -0.1) is 0 Å². The van der Waals surface area contributed by atoms with Crippen LogP contribution in [-0.2, 0) is 14.2 Å². The molecule has 1 rings (SSSR count). The van der Waals surface area contributed by atoms with Gasteiger partial charge in [-0.1, -0.05) is 0 Å². The third kappa shape index (κ3) is 3.12. The second-order valence-electron chi connectivity index (χ2n) is 4.52. The van der Waals surface area contributed by atoms with Gasteiger partial charge in [0.2, 0.25) is 0 Å². The molecule has 5 heteroatoms. The van der Waals surface area contributed by atoms with Crippen LogP contribution in [-0.4, -0.2) is 43.8 Å². The molecule has 0 aromatic rings. The summed E-state index contributed by atoms with van der Waals surface area (Å²) >= 11 is 0. The third-order valence-corrected chi connectivity index (χ3v) is 2.61. The predicted octanol–water partition coefficient (Wildman–Crippen LogP) is -0.169. The maximum absolute atomic E-state index is 5.82. The van der Waals surface area contributed by atoms with Gasteiger partial charge in [-0.25, -0.2) is 0 Å². The predicted molar refractivity (Wildman–Crippen MR) is 57.4 cm³/mol. The van der Waals surface area contributed by atoms with Gasteiger partial charge in [0.1, 0.15) is 6.10 Å². The molecule has 1 aliphatic heterocycles. The normalized spacial score (nSPS) is 23.0. The molecule has 15 heavy (non-hydrogen) atoms. The summed E-state index contributed by atoms with van der Waals surface area (Å²) in [6.45, 7) is 7.64. The van der Waals surface area contributed by atoms with Crippen LogP contribution in [0.5, 0.6) is 0 Å². The lowest BCUT2D eigenvalue weighted by Gasteiger charge is -2.37. The van der Waals surface area contributed by atoms with Gasteiger partial charge >= 0.3 is 0 Å². The van der Waals surface area contributed by atoms with Crippen LogP contribution in [0.1, 0.15) is 20.8 Å². The van der Waals surface area contributed by atoms with Gasteiger partial charge in [-0.3, -0.25) is 0 Å². The fourth-order valence-corrected chi connectivity index (χ4v) is 1.52. The summed E-state index contributed by atoms with van der Waals surface area (Å²) in [6.07, 6.45) is -0.293. The van der Waals surface area contributed by atoms with Crippen molar-refractivity contribution in [2.24, 2.45) is 11.5 Å².